The van der Waals surface area contributed by atoms with Crippen LogP contribution in [0, 0.1) is 11.3 Å². The van der Waals surface area contributed by atoms with E-state index in [1.165, 1.54) is 4.57 Å². The van der Waals surface area contributed by atoms with E-state index in [1.807, 2.05) is 55.5 Å². The summed E-state index contributed by atoms with van der Waals surface area (Å²) in [7, 11) is 1.55. The van der Waals surface area contributed by atoms with E-state index >= 15 is 0 Å². The monoisotopic (exact) mass is 525 g/mol. The molecule has 0 unspecified atom stereocenters. The highest BCUT2D eigenvalue weighted by molar-refractivity contribution is 7.07. The maximum atomic E-state index is 13.6. The minimum atomic E-state index is -0.524. The molecule has 0 aliphatic rings. The van der Waals surface area contributed by atoms with Gasteiger partial charge in [0.1, 0.15) is 10.7 Å². The quantitative estimate of drug-likeness (QED) is 0.362. The predicted octanol–water partition coefficient (Wildman–Crippen LogP) is 3.17. The van der Waals surface area contributed by atoms with Crippen LogP contribution in [0.15, 0.2) is 83.7 Å². The molecular weight excluding hydrogens is 498 g/mol. The van der Waals surface area contributed by atoms with Crippen molar-refractivity contribution in [2.24, 2.45) is 0 Å². The van der Waals surface area contributed by atoms with Crippen LogP contribution in [0.3, 0.4) is 0 Å². The Morgan fingerprint density at radius 2 is 1.76 bits per heavy atom. The molecule has 1 aromatic heterocycles. The number of para-hydroxylation sites is 1. The molecular formula is C30H27N3O4S. The van der Waals surface area contributed by atoms with Gasteiger partial charge in [-0.15, -0.1) is 11.3 Å². The van der Waals surface area contributed by atoms with Gasteiger partial charge in [-0.3, -0.25) is 14.2 Å². The molecule has 4 aromatic rings. The number of nitrogens with one attached hydrogen (secondary N) is 1. The second-order valence-corrected chi connectivity index (χ2v) is 9.24. The SMILES string of the molecule is CCOc1ccc(C=c2sc(=C(C#N)C(=O)NCCc3ccccc3)n(-c3ccccc3)c2=O)cc1OC. The third kappa shape index (κ3) is 6.02. The fraction of sp³-hybridized carbons (Fsp3) is 0.167. The molecule has 1 amide bonds. The Morgan fingerprint density at radius 3 is 2.42 bits per heavy atom. The second kappa shape index (κ2) is 12.6. The molecule has 0 aliphatic heterocycles. The zero-order valence-corrected chi connectivity index (χ0v) is 22.0. The Bertz CT molecular complexity index is 1630. The average Bonchev–Trinajstić information content (AvgIpc) is 3.26. The van der Waals surface area contributed by atoms with Gasteiger partial charge < -0.3 is 14.8 Å². The number of amides is 1. The van der Waals surface area contributed by atoms with E-state index in [1.54, 1.807) is 49.6 Å². The van der Waals surface area contributed by atoms with Crippen LogP contribution < -0.4 is 29.5 Å². The molecule has 0 aliphatic carbocycles. The Kier molecular flexibility index (Phi) is 8.75. The second-order valence-electron chi connectivity index (χ2n) is 8.21. The summed E-state index contributed by atoms with van der Waals surface area (Å²) in [6.45, 7) is 2.75. The van der Waals surface area contributed by atoms with Crippen molar-refractivity contribution in [3.05, 3.63) is 110 Å². The molecule has 7 nitrogen and oxygen atoms in total. The number of nitriles is 1. The smallest absolute Gasteiger partial charge is 0.273 e. The van der Waals surface area contributed by atoms with Crippen molar-refractivity contribution in [3.8, 4) is 23.3 Å². The molecule has 0 atom stereocenters. The molecule has 0 fully saturated rings. The van der Waals surface area contributed by atoms with Crippen molar-refractivity contribution in [3.63, 3.8) is 0 Å². The first-order valence-corrected chi connectivity index (χ1v) is 12.9. The van der Waals surface area contributed by atoms with Gasteiger partial charge in [0.2, 0.25) is 0 Å². The number of nitrogens with zero attached hydrogens (tertiary/aromatic N) is 2. The maximum absolute atomic E-state index is 13.6. The van der Waals surface area contributed by atoms with Crippen LogP contribution in [0.5, 0.6) is 11.5 Å². The van der Waals surface area contributed by atoms with Crippen LogP contribution in [-0.2, 0) is 11.2 Å². The lowest BCUT2D eigenvalue weighted by molar-refractivity contribution is -0.115. The lowest BCUT2D eigenvalue weighted by Crippen LogP contribution is -2.34. The Labute approximate surface area is 224 Å². The summed E-state index contributed by atoms with van der Waals surface area (Å²) >= 11 is 1.10. The van der Waals surface area contributed by atoms with E-state index < -0.39 is 5.91 Å². The molecule has 38 heavy (non-hydrogen) atoms. The van der Waals surface area contributed by atoms with Gasteiger partial charge in [-0.05, 0) is 54.8 Å². The number of hydrogen-bond acceptors (Lipinski definition) is 6. The lowest BCUT2D eigenvalue weighted by Gasteiger charge is -2.09. The van der Waals surface area contributed by atoms with Gasteiger partial charge in [-0.1, -0.05) is 54.6 Å². The van der Waals surface area contributed by atoms with Gasteiger partial charge in [0.05, 0.1) is 23.9 Å². The highest BCUT2D eigenvalue weighted by atomic mass is 32.1. The topological polar surface area (TPSA) is 93.4 Å². The number of benzene rings is 3. The summed E-state index contributed by atoms with van der Waals surface area (Å²) < 4.78 is 13.1. The number of aromatic nitrogens is 1. The number of rotatable bonds is 9. The van der Waals surface area contributed by atoms with E-state index in [0.29, 0.717) is 41.3 Å². The highest BCUT2D eigenvalue weighted by Gasteiger charge is 2.17. The molecule has 8 heteroatoms. The maximum Gasteiger partial charge on any atom is 0.273 e. The van der Waals surface area contributed by atoms with Gasteiger partial charge in [-0.25, -0.2) is 0 Å². The van der Waals surface area contributed by atoms with Crippen molar-refractivity contribution < 1.29 is 14.3 Å². The molecule has 0 radical (unpaired) electrons. The van der Waals surface area contributed by atoms with Crippen molar-refractivity contribution in [1.82, 2.24) is 9.88 Å². The van der Waals surface area contributed by atoms with E-state index in [4.69, 9.17) is 9.47 Å². The van der Waals surface area contributed by atoms with E-state index in [2.05, 4.69) is 5.32 Å². The largest absolute Gasteiger partial charge is 0.493 e. The van der Waals surface area contributed by atoms with Crippen molar-refractivity contribution in [2.75, 3.05) is 20.3 Å². The van der Waals surface area contributed by atoms with Crippen LogP contribution in [0.1, 0.15) is 18.1 Å². The van der Waals surface area contributed by atoms with E-state index in [-0.39, 0.29) is 15.8 Å². The summed E-state index contributed by atoms with van der Waals surface area (Å²) in [5, 5.41) is 12.8. The molecule has 1 N–H and O–H groups in total. The average molecular weight is 526 g/mol. The van der Waals surface area contributed by atoms with Crippen molar-refractivity contribution >= 4 is 28.9 Å². The number of carbonyl (C=O) groups excluding carboxylic acids is 1. The summed E-state index contributed by atoms with van der Waals surface area (Å²) in [5.74, 6) is 0.625. The fourth-order valence-electron chi connectivity index (χ4n) is 3.91. The Balaban J connectivity index is 1.80. The first kappa shape index (κ1) is 26.5. The summed E-state index contributed by atoms with van der Waals surface area (Å²) in [4.78, 5) is 26.7. The number of ether oxygens (including phenoxy) is 2. The van der Waals surface area contributed by atoms with E-state index in [0.717, 1.165) is 22.5 Å². The van der Waals surface area contributed by atoms with Crippen LogP contribution in [-0.4, -0.2) is 30.7 Å². The van der Waals surface area contributed by atoms with Gasteiger partial charge >= 0.3 is 0 Å². The van der Waals surface area contributed by atoms with E-state index in [9.17, 15) is 14.9 Å². The third-order valence-electron chi connectivity index (χ3n) is 5.72. The van der Waals surface area contributed by atoms with Gasteiger partial charge in [-0.2, -0.15) is 5.26 Å². The molecule has 4 rings (SSSR count). The third-order valence-corrected chi connectivity index (χ3v) is 6.81. The number of thiazole rings is 1. The Hall–Kier alpha value is -4.61. The number of carbonyl (C=O) groups is 1. The molecule has 0 bridgehead atoms. The molecule has 0 spiro atoms. The Morgan fingerprint density at radius 1 is 1.05 bits per heavy atom. The van der Waals surface area contributed by atoms with Gasteiger partial charge in [0.15, 0.2) is 17.1 Å². The van der Waals surface area contributed by atoms with Crippen molar-refractivity contribution in [1.29, 1.82) is 5.26 Å². The zero-order chi connectivity index (χ0) is 26.9. The summed E-state index contributed by atoms with van der Waals surface area (Å²) in [5.41, 5.74) is 1.92. The minimum Gasteiger partial charge on any atom is -0.493 e. The number of hydrogen-bond donors (Lipinski definition) is 1. The molecule has 0 saturated carbocycles. The van der Waals surface area contributed by atoms with Crippen LogP contribution >= 0.6 is 11.3 Å². The number of methoxy groups -OCH3 is 1. The lowest BCUT2D eigenvalue weighted by atomic mass is 10.1. The van der Waals surface area contributed by atoms with Crippen LogP contribution in [0.2, 0.25) is 0 Å². The predicted molar refractivity (Wildman–Crippen MR) is 149 cm³/mol. The molecule has 192 valence electrons. The van der Waals surface area contributed by atoms with Crippen LogP contribution in [0.25, 0.3) is 17.3 Å². The van der Waals surface area contributed by atoms with Gasteiger partial charge in [0.25, 0.3) is 11.5 Å². The fourth-order valence-corrected chi connectivity index (χ4v) is 5.01. The molecule has 0 saturated heterocycles. The normalized spacial score (nSPS) is 12.0. The highest BCUT2D eigenvalue weighted by Crippen LogP contribution is 2.28. The summed E-state index contributed by atoms with van der Waals surface area (Å²) in [6, 6.07) is 26.1. The molecule has 1 heterocycles. The first-order valence-electron chi connectivity index (χ1n) is 12.1. The van der Waals surface area contributed by atoms with Crippen LogP contribution in [0.4, 0.5) is 0 Å². The summed E-state index contributed by atoms with van der Waals surface area (Å²) in [6.07, 6.45) is 2.34. The van der Waals surface area contributed by atoms with Gasteiger partial charge in [0, 0.05) is 6.54 Å². The van der Waals surface area contributed by atoms with Crippen molar-refractivity contribution in [2.45, 2.75) is 13.3 Å². The first-order chi connectivity index (χ1) is 18.5. The zero-order valence-electron chi connectivity index (χ0n) is 21.1. The standard InChI is InChI=1S/C30H27N3O4S/c1-3-37-25-15-14-22(18-26(25)36-2)19-27-29(35)33(23-12-8-5-9-13-23)30(38-27)24(20-31)28(34)32-17-16-21-10-6-4-7-11-21/h4-15,18-19H,3,16-17H2,1-2H3,(H,32,34). The molecule has 3 aromatic carbocycles. The minimum absolute atomic E-state index is 0.118.